The van der Waals surface area contributed by atoms with Crippen molar-refractivity contribution in [1.82, 2.24) is 10.0 Å². The van der Waals surface area contributed by atoms with Gasteiger partial charge in [-0.2, -0.15) is 0 Å². The van der Waals surface area contributed by atoms with Crippen LogP contribution in [0, 0.1) is 5.92 Å². The van der Waals surface area contributed by atoms with Gasteiger partial charge in [0.15, 0.2) is 4.67 Å². The molecular formula is C13H21BrN2O3S. The number of nitrogens with one attached hydrogen (secondary N) is 2. The monoisotopic (exact) mass is 364 g/mol. The van der Waals surface area contributed by atoms with Crippen molar-refractivity contribution in [2.75, 3.05) is 13.6 Å². The Labute approximate surface area is 128 Å². The van der Waals surface area contributed by atoms with Crippen molar-refractivity contribution in [1.29, 1.82) is 0 Å². The van der Waals surface area contributed by atoms with E-state index >= 15 is 0 Å². The fourth-order valence-corrected chi connectivity index (χ4v) is 4.65. The SMILES string of the molecule is CNCc1cc(S(=O)(=O)NCC2CCCCC2)c(Br)o1. The number of hydrogen-bond donors (Lipinski definition) is 2. The van der Waals surface area contributed by atoms with Crippen LogP contribution in [0.25, 0.3) is 0 Å². The van der Waals surface area contributed by atoms with Gasteiger partial charge in [-0.3, -0.25) is 0 Å². The lowest BCUT2D eigenvalue weighted by atomic mass is 9.90. The molecule has 20 heavy (non-hydrogen) atoms. The lowest BCUT2D eigenvalue weighted by Crippen LogP contribution is -2.30. The van der Waals surface area contributed by atoms with Gasteiger partial charge in [0, 0.05) is 12.6 Å². The molecule has 0 bridgehead atoms. The second kappa shape index (κ2) is 7.06. The molecule has 114 valence electrons. The second-order valence-corrected chi connectivity index (χ2v) is 7.69. The minimum atomic E-state index is -3.51. The van der Waals surface area contributed by atoms with Crippen molar-refractivity contribution in [3.63, 3.8) is 0 Å². The molecule has 0 radical (unpaired) electrons. The first-order valence-electron chi connectivity index (χ1n) is 6.95. The summed E-state index contributed by atoms with van der Waals surface area (Å²) in [5, 5.41) is 2.93. The second-order valence-electron chi connectivity index (χ2n) is 5.24. The van der Waals surface area contributed by atoms with Gasteiger partial charge in [-0.25, -0.2) is 13.1 Å². The zero-order valence-electron chi connectivity index (χ0n) is 11.6. The summed E-state index contributed by atoms with van der Waals surface area (Å²) in [4.78, 5) is 0.179. The van der Waals surface area contributed by atoms with Gasteiger partial charge >= 0.3 is 0 Å². The topological polar surface area (TPSA) is 71.3 Å². The van der Waals surface area contributed by atoms with Crippen LogP contribution in [0.15, 0.2) is 20.0 Å². The van der Waals surface area contributed by atoms with E-state index in [2.05, 4.69) is 26.0 Å². The highest BCUT2D eigenvalue weighted by Gasteiger charge is 2.24. The van der Waals surface area contributed by atoms with Gasteiger partial charge in [-0.15, -0.1) is 0 Å². The molecule has 7 heteroatoms. The zero-order valence-corrected chi connectivity index (χ0v) is 14.0. The van der Waals surface area contributed by atoms with E-state index in [4.69, 9.17) is 4.42 Å². The van der Waals surface area contributed by atoms with E-state index in [0.29, 0.717) is 24.8 Å². The lowest BCUT2D eigenvalue weighted by molar-refractivity contribution is 0.357. The summed E-state index contributed by atoms with van der Waals surface area (Å²) >= 11 is 3.18. The van der Waals surface area contributed by atoms with Crippen molar-refractivity contribution < 1.29 is 12.8 Å². The Balaban J connectivity index is 2.01. The number of furan rings is 1. The standard InChI is InChI=1S/C13H21BrN2O3S/c1-15-9-11-7-12(13(14)19-11)20(17,18)16-8-10-5-3-2-4-6-10/h7,10,15-16H,2-6,8-9H2,1H3. The van der Waals surface area contributed by atoms with Gasteiger partial charge in [-0.05, 0) is 41.7 Å². The molecule has 0 amide bonds. The highest BCUT2D eigenvalue weighted by atomic mass is 79.9. The highest BCUT2D eigenvalue weighted by Crippen LogP contribution is 2.27. The van der Waals surface area contributed by atoms with Crippen LogP contribution < -0.4 is 10.0 Å². The fourth-order valence-electron chi connectivity index (χ4n) is 2.54. The third-order valence-electron chi connectivity index (χ3n) is 3.63. The molecule has 2 rings (SSSR count). The molecule has 0 atom stereocenters. The fraction of sp³-hybridized carbons (Fsp3) is 0.692. The first-order valence-corrected chi connectivity index (χ1v) is 9.23. The predicted octanol–water partition coefficient (Wildman–Crippen LogP) is 2.62. The van der Waals surface area contributed by atoms with Crippen LogP contribution in [0.2, 0.25) is 0 Å². The highest BCUT2D eigenvalue weighted by molar-refractivity contribution is 9.10. The van der Waals surface area contributed by atoms with Gasteiger partial charge in [0.05, 0.1) is 6.54 Å². The lowest BCUT2D eigenvalue weighted by Gasteiger charge is -2.21. The molecule has 1 aliphatic carbocycles. The maximum Gasteiger partial charge on any atom is 0.244 e. The summed E-state index contributed by atoms with van der Waals surface area (Å²) in [6.07, 6.45) is 5.90. The van der Waals surface area contributed by atoms with E-state index in [0.717, 1.165) is 12.8 Å². The van der Waals surface area contributed by atoms with E-state index in [1.54, 1.807) is 13.1 Å². The van der Waals surface area contributed by atoms with Gasteiger partial charge in [0.2, 0.25) is 10.0 Å². The average Bonchev–Trinajstić information content (AvgIpc) is 2.80. The molecule has 0 unspecified atom stereocenters. The first kappa shape index (κ1) is 16.0. The van der Waals surface area contributed by atoms with Gasteiger partial charge in [0.1, 0.15) is 10.7 Å². The third kappa shape index (κ3) is 4.07. The van der Waals surface area contributed by atoms with Crippen LogP contribution >= 0.6 is 15.9 Å². The molecule has 0 spiro atoms. The summed E-state index contributed by atoms with van der Waals surface area (Å²) in [5.41, 5.74) is 0. The van der Waals surface area contributed by atoms with Gasteiger partial charge in [-0.1, -0.05) is 19.3 Å². The van der Waals surface area contributed by atoms with E-state index in [-0.39, 0.29) is 9.56 Å². The minimum absolute atomic E-state index is 0.179. The zero-order chi connectivity index (χ0) is 14.6. The summed E-state index contributed by atoms with van der Waals surface area (Å²) < 4.78 is 32.9. The molecule has 1 fully saturated rings. The molecule has 0 aromatic carbocycles. The summed E-state index contributed by atoms with van der Waals surface area (Å²) in [6, 6.07) is 1.56. The van der Waals surface area contributed by atoms with Gasteiger partial charge < -0.3 is 9.73 Å². The number of hydrogen-bond acceptors (Lipinski definition) is 4. The predicted molar refractivity (Wildman–Crippen MR) is 80.9 cm³/mol. The number of halogens is 1. The molecule has 0 aliphatic heterocycles. The van der Waals surface area contributed by atoms with E-state index in [9.17, 15) is 8.42 Å². The van der Waals surface area contributed by atoms with Crippen molar-refractivity contribution in [2.45, 2.75) is 43.5 Å². The van der Waals surface area contributed by atoms with E-state index in [1.807, 2.05) is 0 Å². The van der Waals surface area contributed by atoms with Crippen molar-refractivity contribution in [3.05, 3.63) is 16.5 Å². The molecule has 1 aromatic heterocycles. The molecule has 1 aromatic rings. The molecule has 1 saturated carbocycles. The normalized spacial score (nSPS) is 17.5. The van der Waals surface area contributed by atoms with Crippen LogP contribution in [0.3, 0.4) is 0 Å². The Morgan fingerprint density at radius 1 is 1.35 bits per heavy atom. The smallest absolute Gasteiger partial charge is 0.244 e. The average molecular weight is 365 g/mol. The first-order chi connectivity index (χ1) is 9.53. The minimum Gasteiger partial charge on any atom is -0.452 e. The molecule has 1 aliphatic rings. The molecule has 1 heterocycles. The number of rotatable bonds is 6. The van der Waals surface area contributed by atoms with E-state index < -0.39 is 10.0 Å². The van der Waals surface area contributed by atoms with Crippen LogP contribution in [-0.2, 0) is 16.6 Å². The van der Waals surface area contributed by atoms with Crippen LogP contribution in [0.5, 0.6) is 0 Å². The number of sulfonamides is 1. The maximum atomic E-state index is 12.3. The van der Waals surface area contributed by atoms with E-state index in [1.165, 1.54) is 19.3 Å². The quantitative estimate of drug-likeness (QED) is 0.813. The molecule has 2 N–H and O–H groups in total. The van der Waals surface area contributed by atoms with Gasteiger partial charge in [0.25, 0.3) is 0 Å². The van der Waals surface area contributed by atoms with Crippen LogP contribution in [0.4, 0.5) is 0 Å². The Kier molecular flexibility index (Phi) is 5.65. The van der Waals surface area contributed by atoms with Crippen molar-refractivity contribution >= 4 is 26.0 Å². The maximum absolute atomic E-state index is 12.3. The van der Waals surface area contributed by atoms with Crippen LogP contribution in [0.1, 0.15) is 37.9 Å². The van der Waals surface area contributed by atoms with Crippen molar-refractivity contribution in [2.24, 2.45) is 5.92 Å². The molecule has 0 saturated heterocycles. The summed E-state index contributed by atoms with van der Waals surface area (Å²) in [7, 11) is -1.72. The molecule has 5 nitrogen and oxygen atoms in total. The summed E-state index contributed by atoms with van der Waals surface area (Å²) in [6.45, 7) is 1.01. The Morgan fingerprint density at radius 3 is 2.70 bits per heavy atom. The summed E-state index contributed by atoms with van der Waals surface area (Å²) in [5.74, 6) is 1.05. The van der Waals surface area contributed by atoms with Crippen molar-refractivity contribution in [3.8, 4) is 0 Å². The molecular weight excluding hydrogens is 344 g/mol. The largest absolute Gasteiger partial charge is 0.452 e. The Morgan fingerprint density at radius 2 is 2.05 bits per heavy atom. The Bertz CT molecular complexity index is 536. The Hall–Kier alpha value is -0.370. The van der Waals surface area contributed by atoms with Crippen LogP contribution in [-0.4, -0.2) is 22.0 Å². The third-order valence-corrected chi connectivity index (χ3v) is 5.91.